The number of benzene rings is 1. The van der Waals surface area contributed by atoms with E-state index in [4.69, 9.17) is 10.5 Å². The highest BCUT2D eigenvalue weighted by atomic mass is 16.5. The van der Waals surface area contributed by atoms with Crippen molar-refractivity contribution in [3.8, 4) is 5.75 Å². The van der Waals surface area contributed by atoms with Gasteiger partial charge in [-0.2, -0.15) is 0 Å². The number of para-hydroxylation sites is 1. The van der Waals surface area contributed by atoms with Crippen LogP contribution in [-0.4, -0.2) is 18.6 Å². The average molecular weight is 292 g/mol. The molecular formula is C17H28N2O2. The molecular weight excluding hydrogens is 264 g/mol. The van der Waals surface area contributed by atoms with Gasteiger partial charge >= 0.3 is 0 Å². The molecule has 1 rings (SSSR count). The quantitative estimate of drug-likeness (QED) is 0.735. The van der Waals surface area contributed by atoms with E-state index >= 15 is 0 Å². The number of ether oxygens (including phenoxy) is 1. The standard InChI is InChI=1S/C17H28N2O2/c1-4-7-15(18)17(20)19-12-14-8-5-6-9-16(14)21-11-10-13(2)3/h5-6,8-9,13,15H,4,7,10-12,18H2,1-3H3,(H,19,20). The van der Waals surface area contributed by atoms with Crippen LogP contribution in [0.25, 0.3) is 0 Å². The van der Waals surface area contributed by atoms with E-state index in [1.54, 1.807) is 0 Å². The highest BCUT2D eigenvalue weighted by Gasteiger charge is 2.12. The zero-order chi connectivity index (χ0) is 15.7. The molecule has 0 radical (unpaired) electrons. The van der Waals surface area contributed by atoms with Crippen molar-refractivity contribution in [3.63, 3.8) is 0 Å². The lowest BCUT2D eigenvalue weighted by molar-refractivity contribution is -0.122. The van der Waals surface area contributed by atoms with Crippen LogP contribution in [0, 0.1) is 5.92 Å². The van der Waals surface area contributed by atoms with Gasteiger partial charge in [-0.05, 0) is 24.8 Å². The van der Waals surface area contributed by atoms with Crippen LogP contribution in [0.5, 0.6) is 5.75 Å². The molecule has 1 aromatic rings. The molecule has 0 heterocycles. The minimum absolute atomic E-state index is 0.103. The predicted octanol–water partition coefficient (Wildman–Crippen LogP) is 2.86. The van der Waals surface area contributed by atoms with E-state index in [2.05, 4.69) is 19.2 Å². The Bertz CT molecular complexity index is 433. The summed E-state index contributed by atoms with van der Waals surface area (Å²) < 4.78 is 5.81. The summed E-state index contributed by atoms with van der Waals surface area (Å²) in [7, 11) is 0. The van der Waals surface area contributed by atoms with Crippen LogP contribution in [0.2, 0.25) is 0 Å². The summed E-state index contributed by atoms with van der Waals surface area (Å²) in [5.74, 6) is 1.35. The van der Waals surface area contributed by atoms with Crippen LogP contribution in [0.4, 0.5) is 0 Å². The predicted molar refractivity (Wildman–Crippen MR) is 86.1 cm³/mol. The molecule has 0 bridgehead atoms. The normalized spacial score (nSPS) is 12.2. The third-order valence-corrected chi connectivity index (χ3v) is 3.31. The Morgan fingerprint density at radius 3 is 2.67 bits per heavy atom. The van der Waals surface area contributed by atoms with E-state index in [9.17, 15) is 4.79 Å². The van der Waals surface area contributed by atoms with Gasteiger partial charge in [-0.25, -0.2) is 0 Å². The van der Waals surface area contributed by atoms with E-state index in [0.717, 1.165) is 24.2 Å². The molecule has 1 atom stereocenters. The lowest BCUT2D eigenvalue weighted by Crippen LogP contribution is -2.40. The maximum atomic E-state index is 11.8. The van der Waals surface area contributed by atoms with Gasteiger partial charge in [-0.3, -0.25) is 4.79 Å². The number of hydrogen-bond donors (Lipinski definition) is 2. The Balaban J connectivity index is 2.52. The molecule has 1 unspecified atom stereocenters. The zero-order valence-corrected chi connectivity index (χ0v) is 13.4. The van der Waals surface area contributed by atoms with Gasteiger partial charge in [-0.1, -0.05) is 45.4 Å². The number of nitrogens with two attached hydrogens (primary N) is 1. The van der Waals surface area contributed by atoms with Crippen LogP contribution >= 0.6 is 0 Å². The van der Waals surface area contributed by atoms with E-state index in [0.29, 0.717) is 25.5 Å². The highest BCUT2D eigenvalue weighted by molar-refractivity contribution is 5.81. The van der Waals surface area contributed by atoms with Gasteiger partial charge in [-0.15, -0.1) is 0 Å². The number of rotatable bonds is 9. The molecule has 0 aromatic heterocycles. The van der Waals surface area contributed by atoms with Gasteiger partial charge in [0.1, 0.15) is 5.75 Å². The summed E-state index contributed by atoms with van der Waals surface area (Å²) in [6.07, 6.45) is 2.63. The van der Waals surface area contributed by atoms with Crippen LogP contribution in [0.3, 0.4) is 0 Å². The van der Waals surface area contributed by atoms with E-state index in [-0.39, 0.29) is 5.91 Å². The molecule has 0 aliphatic rings. The maximum absolute atomic E-state index is 11.8. The summed E-state index contributed by atoms with van der Waals surface area (Å²) in [4.78, 5) is 11.8. The smallest absolute Gasteiger partial charge is 0.237 e. The average Bonchev–Trinajstić information content (AvgIpc) is 2.45. The Morgan fingerprint density at radius 1 is 1.29 bits per heavy atom. The van der Waals surface area contributed by atoms with Crippen molar-refractivity contribution in [1.29, 1.82) is 0 Å². The summed E-state index contributed by atoms with van der Waals surface area (Å²) in [6, 6.07) is 7.37. The lowest BCUT2D eigenvalue weighted by atomic mass is 10.1. The third-order valence-electron chi connectivity index (χ3n) is 3.31. The van der Waals surface area contributed by atoms with Crippen molar-refractivity contribution in [1.82, 2.24) is 5.32 Å². The van der Waals surface area contributed by atoms with Gasteiger partial charge in [0, 0.05) is 12.1 Å². The second kappa shape index (κ2) is 9.40. The SMILES string of the molecule is CCCC(N)C(=O)NCc1ccccc1OCCC(C)C. The van der Waals surface area contributed by atoms with Gasteiger partial charge in [0.25, 0.3) is 0 Å². The van der Waals surface area contributed by atoms with Gasteiger partial charge in [0.15, 0.2) is 0 Å². The molecule has 21 heavy (non-hydrogen) atoms. The fourth-order valence-corrected chi connectivity index (χ4v) is 1.95. The lowest BCUT2D eigenvalue weighted by Gasteiger charge is -2.15. The van der Waals surface area contributed by atoms with Crippen molar-refractivity contribution in [2.24, 2.45) is 11.7 Å². The van der Waals surface area contributed by atoms with E-state index in [1.807, 2.05) is 31.2 Å². The van der Waals surface area contributed by atoms with Crippen molar-refractivity contribution in [2.75, 3.05) is 6.61 Å². The molecule has 0 saturated carbocycles. The number of carbonyl (C=O) groups excluding carboxylic acids is 1. The summed E-state index contributed by atoms with van der Waals surface area (Å²) >= 11 is 0. The van der Waals surface area contributed by atoms with Crippen LogP contribution in [0.15, 0.2) is 24.3 Å². The number of amides is 1. The molecule has 1 aromatic carbocycles. The van der Waals surface area contributed by atoms with Crippen molar-refractivity contribution in [3.05, 3.63) is 29.8 Å². The van der Waals surface area contributed by atoms with Crippen molar-refractivity contribution in [2.45, 2.75) is 52.6 Å². The Labute approximate surface area is 128 Å². The van der Waals surface area contributed by atoms with Crippen molar-refractivity contribution < 1.29 is 9.53 Å². The van der Waals surface area contributed by atoms with Crippen LogP contribution in [0.1, 0.15) is 45.6 Å². The first-order chi connectivity index (χ1) is 10.0. The fourth-order valence-electron chi connectivity index (χ4n) is 1.95. The third kappa shape index (κ3) is 6.63. The molecule has 0 aliphatic heterocycles. The molecule has 118 valence electrons. The number of hydrogen-bond acceptors (Lipinski definition) is 3. The maximum Gasteiger partial charge on any atom is 0.237 e. The minimum Gasteiger partial charge on any atom is -0.493 e. The summed E-state index contributed by atoms with van der Waals surface area (Å²) in [5, 5.41) is 2.88. The molecule has 0 spiro atoms. The van der Waals surface area contributed by atoms with Crippen molar-refractivity contribution >= 4 is 5.91 Å². The van der Waals surface area contributed by atoms with Crippen LogP contribution < -0.4 is 15.8 Å². The molecule has 4 nitrogen and oxygen atoms in total. The first-order valence-electron chi connectivity index (χ1n) is 7.78. The minimum atomic E-state index is -0.427. The molecule has 3 N–H and O–H groups in total. The van der Waals surface area contributed by atoms with E-state index < -0.39 is 6.04 Å². The second-order valence-electron chi connectivity index (χ2n) is 5.75. The van der Waals surface area contributed by atoms with Gasteiger partial charge < -0.3 is 15.8 Å². The Kier molecular flexibility index (Phi) is 7.83. The van der Waals surface area contributed by atoms with Crippen LogP contribution in [-0.2, 0) is 11.3 Å². The number of nitrogens with one attached hydrogen (secondary N) is 1. The van der Waals surface area contributed by atoms with E-state index in [1.165, 1.54) is 0 Å². The molecule has 0 saturated heterocycles. The second-order valence-corrected chi connectivity index (χ2v) is 5.75. The highest BCUT2D eigenvalue weighted by Crippen LogP contribution is 2.18. The largest absolute Gasteiger partial charge is 0.493 e. The first kappa shape index (κ1) is 17.5. The Hall–Kier alpha value is -1.55. The zero-order valence-electron chi connectivity index (χ0n) is 13.4. The molecule has 0 fully saturated rings. The topological polar surface area (TPSA) is 64.4 Å². The first-order valence-corrected chi connectivity index (χ1v) is 7.78. The fraction of sp³-hybridized carbons (Fsp3) is 0.588. The summed E-state index contributed by atoms with van der Waals surface area (Å²) in [5.41, 5.74) is 6.78. The number of carbonyl (C=O) groups is 1. The molecule has 0 aliphatic carbocycles. The van der Waals surface area contributed by atoms with Gasteiger partial charge in [0.05, 0.1) is 12.6 Å². The van der Waals surface area contributed by atoms with Gasteiger partial charge in [0.2, 0.25) is 5.91 Å². The summed E-state index contributed by atoms with van der Waals surface area (Å²) in [6.45, 7) is 7.51. The molecule has 4 heteroatoms. The monoisotopic (exact) mass is 292 g/mol. The Morgan fingerprint density at radius 2 is 2.00 bits per heavy atom. The molecule has 1 amide bonds.